The summed E-state index contributed by atoms with van der Waals surface area (Å²) in [5, 5.41) is 1.89. The van der Waals surface area contributed by atoms with Crippen LogP contribution in [0, 0.1) is 5.92 Å². The number of hydrazine groups is 1. The van der Waals surface area contributed by atoms with Crippen LogP contribution >= 0.6 is 0 Å². The molecule has 0 bridgehead atoms. The monoisotopic (exact) mass is 156 g/mol. The lowest BCUT2D eigenvalue weighted by Crippen LogP contribution is -2.50. The highest BCUT2D eigenvalue weighted by molar-refractivity contribution is 4.87. The van der Waals surface area contributed by atoms with Crippen LogP contribution in [0.2, 0.25) is 0 Å². The van der Waals surface area contributed by atoms with Gasteiger partial charge in [0.1, 0.15) is 0 Å². The van der Waals surface area contributed by atoms with E-state index in [1.165, 1.54) is 25.7 Å². The van der Waals surface area contributed by atoms with E-state index in [1.54, 1.807) is 0 Å². The largest absolute Gasteiger partial charge is 0.269 e. The van der Waals surface area contributed by atoms with Gasteiger partial charge in [0.15, 0.2) is 0 Å². The minimum absolute atomic E-state index is 0.262. The van der Waals surface area contributed by atoms with Crippen LogP contribution < -0.4 is 5.84 Å². The van der Waals surface area contributed by atoms with Crippen LogP contribution in [0.15, 0.2) is 0 Å². The first-order valence-corrected chi connectivity index (χ1v) is 4.53. The lowest BCUT2D eigenvalue weighted by Gasteiger charge is -2.41. The average Bonchev–Trinajstić information content (AvgIpc) is 1.86. The van der Waals surface area contributed by atoms with Crippen LogP contribution in [0.1, 0.15) is 39.5 Å². The molecule has 2 N–H and O–H groups in total. The Morgan fingerprint density at radius 3 is 2.55 bits per heavy atom. The molecule has 0 radical (unpaired) electrons. The molecule has 0 spiro atoms. The zero-order valence-corrected chi connectivity index (χ0v) is 7.93. The van der Waals surface area contributed by atoms with Crippen LogP contribution in [-0.2, 0) is 0 Å². The highest BCUT2D eigenvalue weighted by atomic mass is 15.4. The molecule has 1 saturated carbocycles. The second-order valence-corrected chi connectivity index (χ2v) is 4.31. The summed E-state index contributed by atoms with van der Waals surface area (Å²) in [5.41, 5.74) is 0.262. The van der Waals surface area contributed by atoms with Gasteiger partial charge >= 0.3 is 0 Å². The molecule has 2 nitrogen and oxygen atoms in total. The van der Waals surface area contributed by atoms with E-state index >= 15 is 0 Å². The molecule has 2 atom stereocenters. The van der Waals surface area contributed by atoms with Crippen LogP contribution in [0.25, 0.3) is 0 Å². The van der Waals surface area contributed by atoms with Crippen LogP contribution in [0.3, 0.4) is 0 Å². The fraction of sp³-hybridized carbons (Fsp3) is 1.00. The fourth-order valence-electron chi connectivity index (χ4n) is 2.11. The molecular weight excluding hydrogens is 136 g/mol. The standard InChI is InChI=1S/C9H20N2/c1-8-5-4-6-9(2,7-8)11(3)10/h8H,4-7,10H2,1-3H3. The zero-order valence-electron chi connectivity index (χ0n) is 7.93. The van der Waals surface area contributed by atoms with Gasteiger partial charge in [0.05, 0.1) is 0 Å². The van der Waals surface area contributed by atoms with Crippen molar-refractivity contribution < 1.29 is 0 Å². The van der Waals surface area contributed by atoms with Gasteiger partial charge in [-0.3, -0.25) is 5.84 Å². The average molecular weight is 156 g/mol. The topological polar surface area (TPSA) is 29.3 Å². The van der Waals surface area contributed by atoms with Crippen molar-refractivity contribution in [3.63, 3.8) is 0 Å². The maximum Gasteiger partial charge on any atom is 0.0323 e. The Morgan fingerprint density at radius 2 is 2.18 bits per heavy atom. The third kappa shape index (κ3) is 1.94. The number of nitrogens with zero attached hydrogens (tertiary/aromatic N) is 1. The van der Waals surface area contributed by atoms with Crippen molar-refractivity contribution >= 4 is 0 Å². The minimum Gasteiger partial charge on any atom is -0.269 e. The molecule has 0 saturated heterocycles. The molecule has 0 aromatic rings. The van der Waals surface area contributed by atoms with E-state index in [1.807, 2.05) is 12.1 Å². The highest BCUT2D eigenvalue weighted by Gasteiger charge is 2.32. The summed E-state index contributed by atoms with van der Waals surface area (Å²) < 4.78 is 0. The third-order valence-electron chi connectivity index (χ3n) is 3.05. The lowest BCUT2D eigenvalue weighted by atomic mass is 9.77. The van der Waals surface area contributed by atoms with Crippen molar-refractivity contribution in [2.24, 2.45) is 11.8 Å². The van der Waals surface area contributed by atoms with Gasteiger partial charge in [0.2, 0.25) is 0 Å². The molecule has 1 aliphatic carbocycles. The first-order valence-electron chi connectivity index (χ1n) is 4.53. The Morgan fingerprint density at radius 1 is 1.55 bits per heavy atom. The summed E-state index contributed by atoms with van der Waals surface area (Å²) in [6, 6.07) is 0. The predicted molar refractivity (Wildman–Crippen MR) is 48.0 cm³/mol. The van der Waals surface area contributed by atoms with E-state index in [-0.39, 0.29) is 5.54 Å². The second kappa shape index (κ2) is 3.11. The molecule has 1 aliphatic rings. The van der Waals surface area contributed by atoms with Gasteiger partial charge in [0.25, 0.3) is 0 Å². The van der Waals surface area contributed by atoms with Gasteiger partial charge in [0, 0.05) is 12.6 Å². The Balaban J connectivity index is 2.55. The number of nitrogens with two attached hydrogens (primary N) is 1. The maximum atomic E-state index is 5.80. The smallest absolute Gasteiger partial charge is 0.0323 e. The molecule has 2 heteroatoms. The first-order chi connectivity index (χ1) is 5.04. The van der Waals surface area contributed by atoms with Gasteiger partial charge in [-0.25, -0.2) is 5.01 Å². The molecule has 1 rings (SSSR count). The summed E-state index contributed by atoms with van der Waals surface area (Å²) in [4.78, 5) is 0. The van der Waals surface area contributed by atoms with Crippen molar-refractivity contribution in [1.29, 1.82) is 0 Å². The summed E-state index contributed by atoms with van der Waals surface area (Å²) in [5.74, 6) is 6.64. The first kappa shape index (κ1) is 9.01. The van der Waals surface area contributed by atoms with Crippen LogP contribution in [-0.4, -0.2) is 17.6 Å². The summed E-state index contributed by atoms with van der Waals surface area (Å²) in [7, 11) is 1.98. The quantitative estimate of drug-likeness (QED) is 0.463. The van der Waals surface area contributed by atoms with Gasteiger partial charge in [-0.1, -0.05) is 19.8 Å². The molecule has 2 unspecified atom stereocenters. The number of rotatable bonds is 1. The molecule has 0 heterocycles. The Kier molecular flexibility index (Phi) is 2.55. The van der Waals surface area contributed by atoms with E-state index in [9.17, 15) is 0 Å². The second-order valence-electron chi connectivity index (χ2n) is 4.31. The molecule has 0 aliphatic heterocycles. The van der Waals surface area contributed by atoms with Gasteiger partial charge in [-0.05, 0) is 25.7 Å². The van der Waals surface area contributed by atoms with E-state index in [4.69, 9.17) is 5.84 Å². The van der Waals surface area contributed by atoms with Crippen molar-refractivity contribution in [3.05, 3.63) is 0 Å². The van der Waals surface area contributed by atoms with E-state index in [0.29, 0.717) is 0 Å². The molecule has 66 valence electrons. The molecule has 0 amide bonds. The van der Waals surface area contributed by atoms with Crippen LogP contribution in [0.5, 0.6) is 0 Å². The Bertz CT molecular complexity index is 134. The molecular formula is C9H20N2. The minimum atomic E-state index is 0.262. The van der Waals surface area contributed by atoms with Gasteiger partial charge in [-0.2, -0.15) is 0 Å². The van der Waals surface area contributed by atoms with E-state index in [2.05, 4.69) is 13.8 Å². The molecule has 0 aromatic carbocycles. The van der Waals surface area contributed by atoms with Gasteiger partial charge in [-0.15, -0.1) is 0 Å². The summed E-state index contributed by atoms with van der Waals surface area (Å²) in [6.45, 7) is 4.59. The van der Waals surface area contributed by atoms with Crippen molar-refractivity contribution in [1.82, 2.24) is 5.01 Å². The fourth-order valence-corrected chi connectivity index (χ4v) is 2.11. The van der Waals surface area contributed by atoms with E-state index in [0.717, 1.165) is 5.92 Å². The molecule has 11 heavy (non-hydrogen) atoms. The Hall–Kier alpha value is -0.0800. The van der Waals surface area contributed by atoms with Crippen molar-refractivity contribution in [3.8, 4) is 0 Å². The molecule has 0 aromatic heterocycles. The highest BCUT2D eigenvalue weighted by Crippen LogP contribution is 2.34. The van der Waals surface area contributed by atoms with Gasteiger partial charge < -0.3 is 0 Å². The van der Waals surface area contributed by atoms with Crippen LogP contribution in [0.4, 0.5) is 0 Å². The van der Waals surface area contributed by atoms with Crippen molar-refractivity contribution in [2.75, 3.05) is 7.05 Å². The number of hydrogen-bond acceptors (Lipinski definition) is 2. The predicted octanol–water partition coefficient (Wildman–Crippen LogP) is 1.76. The Labute approximate surface area is 69.7 Å². The summed E-state index contributed by atoms with van der Waals surface area (Å²) >= 11 is 0. The number of hydrogen-bond donors (Lipinski definition) is 1. The lowest BCUT2D eigenvalue weighted by molar-refractivity contribution is 0.0713. The maximum absolute atomic E-state index is 5.80. The summed E-state index contributed by atoms with van der Waals surface area (Å²) in [6.07, 6.45) is 5.22. The SMILES string of the molecule is CC1CCCC(C)(N(C)N)C1. The normalized spacial score (nSPS) is 39.5. The zero-order chi connectivity index (χ0) is 8.48. The van der Waals surface area contributed by atoms with Crippen molar-refractivity contribution in [2.45, 2.75) is 45.1 Å². The third-order valence-corrected chi connectivity index (χ3v) is 3.05. The van der Waals surface area contributed by atoms with E-state index < -0.39 is 0 Å². The molecule has 1 fully saturated rings.